The highest BCUT2D eigenvalue weighted by Gasteiger charge is 2.58. The first-order chi connectivity index (χ1) is 7.54. The molecule has 0 bridgehead atoms. The first kappa shape index (κ1) is 11.5. The summed E-state index contributed by atoms with van der Waals surface area (Å²) in [4.78, 5) is 0. The summed E-state index contributed by atoms with van der Waals surface area (Å²) in [5, 5.41) is 0. The molecule has 0 aromatic heterocycles. The molecule has 0 amide bonds. The van der Waals surface area contributed by atoms with Crippen molar-refractivity contribution >= 4 is 0 Å². The zero-order chi connectivity index (χ0) is 11.9. The van der Waals surface area contributed by atoms with Gasteiger partial charge in [-0.25, -0.2) is 0 Å². The fourth-order valence-corrected chi connectivity index (χ4v) is 3.00. The quantitative estimate of drug-likeness (QED) is 0.848. The van der Waals surface area contributed by atoms with E-state index < -0.39 is 0 Å². The second-order valence-corrected chi connectivity index (χ2v) is 5.34. The molecule has 1 aromatic rings. The molecule has 1 aliphatic rings. The van der Waals surface area contributed by atoms with Gasteiger partial charge >= 0.3 is 0 Å². The van der Waals surface area contributed by atoms with Crippen LogP contribution in [0.1, 0.15) is 30.9 Å². The Bertz CT molecular complexity index is 398. The standard InChI is InChI=1S/C14H21NO/c1-9-6-5-7-10(13(9)16-4)12-11(8-15)14(12,2)3/h5-7,11-12H,8,15H2,1-4H3/t11-,12-/m1/s1. The summed E-state index contributed by atoms with van der Waals surface area (Å²) in [5.41, 5.74) is 8.67. The van der Waals surface area contributed by atoms with E-state index in [1.807, 2.05) is 0 Å². The van der Waals surface area contributed by atoms with Crippen molar-refractivity contribution in [3.63, 3.8) is 0 Å². The average molecular weight is 219 g/mol. The van der Waals surface area contributed by atoms with E-state index in [2.05, 4.69) is 39.0 Å². The minimum Gasteiger partial charge on any atom is -0.496 e. The van der Waals surface area contributed by atoms with Gasteiger partial charge < -0.3 is 10.5 Å². The summed E-state index contributed by atoms with van der Waals surface area (Å²) in [6.07, 6.45) is 0. The van der Waals surface area contributed by atoms with Gasteiger partial charge in [-0.3, -0.25) is 0 Å². The molecule has 2 N–H and O–H groups in total. The number of benzene rings is 1. The number of nitrogens with two attached hydrogens (primary N) is 1. The Kier molecular flexibility index (Phi) is 2.70. The van der Waals surface area contributed by atoms with Gasteiger partial charge in [0.15, 0.2) is 0 Å². The molecule has 0 unspecified atom stereocenters. The lowest BCUT2D eigenvalue weighted by molar-refractivity contribution is 0.404. The first-order valence-corrected chi connectivity index (χ1v) is 5.87. The molecule has 1 aromatic carbocycles. The van der Waals surface area contributed by atoms with Gasteiger partial charge in [0.1, 0.15) is 5.75 Å². The van der Waals surface area contributed by atoms with Crippen LogP contribution in [-0.4, -0.2) is 13.7 Å². The molecule has 0 radical (unpaired) electrons. The fourth-order valence-electron chi connectivity index (χ4n) is 3.00. The maximum atomic E-state index is 5.83. The van der Waals surface area contributed by atoms with Crippen molar-refractivity contribution in [2.24, 2.45) is 17.1 Å². The molecule has 0 spiro atoms. The minimum atomic E-state index is 0.315. The molecule has 0 aliphatic heterocycles. The molecular weight excluding hydrogens is 198 g/mol. The maximum Gasteiger partial charge on any atom is 0.125 e. The van der Waals surface area contributed by atoms with E-state index in [-0.39, 0.29) is 0 Å². The van der Waals surface area contributed by atoms with Crippen LogP contribution >= 0.6 is 0 Å². The van der Waals surface area contributed by atoms with Gasteiger partial charge in [-0.15, -0.1) is 0 Å². The molecule has 1 aliphatic carbocycles. The average Bonchev–Trinajstić information content (AvgIpc) is 2.79. The van der Waals surface area contributed by atoms with Crippen LogP contribution in [0, 0.1) is 18.3 Å². The van der Waals surface area contributed by atoms with Crippen LogP contribution in [0.15, 0.2) is 18.2 Å². The molecule has 1 fully saturated rings. The Balaban J connectivity index is 2.39. The van der Waals surface area contributed by atoms with Gasteiger partial charge in [0.05, 0.1) is 7.11 Å². The van der Waals surface area contributed by atoms with Crippen LogP contribution in [-0.2, 0) is 0 Å². The summed E-state index contributed by atoms with van der Waals surface area (Å²) in [6.45, 7) is 7.43. The third kappa shape index (κ3) is 1.52. The molecule has 2 atom stereocenters. The highest BCUT2D eigenvalue weighted by Crippen LogP contribution is 2.65. The third-order valence-corrected chi connectivity index (χ3v) is 4.09. The third-order valence-electron chi connectivity index (χ3n) is 4.09. The van der Waals surface area contributed by atoms with E-state index in [9.17, 15) is 0 Å². The summed E-state index contributed by atoms with van der Waals surface area (Å²) in [7, 11) is 1.75. The summed E-state index contributed by atoms with van der Waals surface area (Å²) >= 11 is 0. The van der Waals surface area contributed by atoms with Crippen LogP contribution < -0.4 is 10.5 Å². The molecule has 2 rings (SSSR count). The molecule has 0 saturated heterocycles. The second-order valence-electron chi connectivity index (χ2n) is 5.34. The van der Waals surface area contributed by atoms with Crippen LogP contribution in [0.4, 0.5) is 0 Å². The van der Waals surface area contributed by atoms with Gasteiger partial charge in [-0.05, 0) is 41.8 Å². The highest BCUT2D eigenvalue weighted by molar-refractivity contribution is 5.47. The van der Waals surface area contributed by atoms with Crippen molar-refractivity contribution in [2.75, 3.05) is 13.7 Å². The van der Waals surface area contributed by atoms with Crippen molar-refractivity contribution in [1.29, 1.82) is 0 Å². The van der Waals surface area contributed by atoms with Gasteiger partial charge in [0.25, 0.3) is 0 Å². The van der Waals surface area contributed by atoms with E-state index in [1.165, 1.54) is 11.1 Å². The predicted octanol–water partition coefficient (Wildman–Crippen LogP) is 2.70. The number of aryl methyl sites for hydroxylation is 1. The summed E-state index contributed by atoms with van der Waals surface area (Å²) in [6, 6.07) is 6.37. The number of hydrogen-bond donors (Lipinski definition) is 1. The summed E-state index contributed by atoms with van der Waals surface area (Å²) in [5.74, 6) is 2.17. The van der Waals surface area contributed by atoms with E-state index in [4.69, 9.17) is 10.5 Å². The highest BCUT2D eigenvalue weighted by atomic mass is 16.5. The lowest BCUT2D eigenvalue weighted by Gasteiger charge is -2.12. The monoisotopic (exact) mass is 219 g/mol. The van der Waals surface area contributed by atoms with Gasteiger partial charge in [0.2, 0.25) is 0 Å². The Morgan fingerprint density at radius 2 is 2.06 bits per heavy atom. The van der Waals surface area contributed by atoms with Crippen LogP contribution in [0.2, 0.25) is 0 Å². The zero-order valence-corrected chi connectivity index (χ0v) is 10.6. The van der Waals surface area contributed by atoms with Crippen molar-refractivity contribution < 1.29 is 4.74 Å². The van der Waals surface area contributed by atoms with E-state index >= 15 is 0 Å². The minimum absolute atomic E-state index is 0.315. The van der Waals surface area contributed by atoms with E-state index in [1.54, 1.807) is 7.11 Å². The van der Waals surface area contributed by atoms with Gasteiger partial charge in [0, 0.05) is 0 Å². The smallest absolute Gasteiger partial charge is 0.125 e. The molecule has 16 heavy (non-hydrogen) atoms. The Morgan fingerprint density at radius 3 is 2.56 bits per heavy atom. The lowest BCUT2D eigenvalue weighted by atomic mass is 10.00. The SMILES string of the molecule is COc1c(C)cccc1[C@@H]1[C@@H](CN)C1(C)C. The zero-order valence-electron chi connectivity index (χ0n) is 10.6. The van der Waals surface area contributed by atoms with E-state index in [0.29, 0.717) is 17.3 Å². The Hall–Kier alpha value is -1.02. The van der Waals surface area contributed by atoms with Crippen LogP contribution in [0.5, 0.6) is 5.75 Å². The van der Waals surface area contributed by atoms with Crippen molar-refractivity contribution in [3.05, 3.63) is 29.3 Å². The topological polar surface area (TPSA) is 35.2 Å². The maximum absolute atomic E-state index is 5.83. The molecule has 88 valence electrons. The van der Waals surface area contributed by atoms with E-state index in [0.717, 1.165) is 12.3 Å². The molecular formula is C14H21NO. The largest absolute Gasteiger partial charge is 0.496 e. The predicted molar refractivity (Wildman–Crippen MR) is 66.8 cm³/mol. The van der Waals surface area contributed by atoms with Crippen LogP contribution in [0.25, 0.3) is 0 Å². The molecule has 0 heterocycles. The number of hydrogen-bond acceptors (Lipinski definition) is 2. The molecule has 2 nitrogen and oxygen atoms in total. The van der Waals surface area contributed by atoms with Crippen LogP contribution in [0.3, 0.4) is 0 Å². The second kappa shape index (κ2) is 3.77. The van der Waals surface area contributed by atoms with Gasteiger partial charge in [-0.1, -0.05) is 32.0 Å². The fraction of sp³-hybridized carbons (Fsp3) is 0.571. The van der Waals surface area contributed by atoms with Gasteiger partial charge in [-0.2, -0.15) is 0 Å². The first-order valence-electron chi connectivity index (χ1n) is 5.87. The molecule has 2 heteroatoms. The number of para-hydroxylation sites is 1. The number of methoxy groups -OCH3 is 1. The number of ether oxygens (including phenoxy) is 1. The number of rotatable bonds is 3. The summed E-state index contributed by atoms with van der Waals surface area (Å²) < 4.78 is 5.52. The Labute approximate surface area is 97.8 Å². The molecule has 1 saturated carbocycles. The normalized spacial score (nSPS) is 26.6. The van der Waals surface area contributed by atoms with Crippen molar-refractivity contribution in [2.45, 2.75) is 26.7 Å². The van der Waals surface area contributed by atoms with Crippen molar-refractivity contribution in [3.8, 4) is 5.75 Å². The Morgan fingerprint density at radius 1 is 1.38 bits per heavy atom. The van der Waals surface area contributed by atoms with Crippen molar-refractivity contribution in [1.82, 2.24) is 0 Å². The lowest BCUT2D eigenvalue weighted by Crippen LogP contribution is -2.05.